The molecule has 1 aromatic rings. The van der Waals surface area contributed by atoms with Crippen LogP contribution in [0.25, 0.3) is 0 Å². The first-order chi connectivity index (χ1) is 7.20. The van der Waals surface area contributed by atoms with Crippen molar-refractivity contribution in [3.63, 3.8) is 0 Å². The number of hydrogen-bond acceptors (Lipinski definition) is 3. The van der Waals surface area contributed by atoms with Gasteiger partial charge in [0.25, 0.3) is 0 Å². The third-order valence-corrected chi connectivity index (χ3v) is 2.70. The standard InChI is InChI=1S/C11H18N2O2/c1-4-5-9-6-13(3)12-11(9)15-10-7-14-8(10)2/h6,8,10H,4-5,7H2,1-3H3. The molecule has 1 aliphatic heterocycles. The Morgan fingerprint density at radius 2 is 2.47 bits per heavy atom. The minimum absolute atomic E-state index is 0.176. The van der Waals surface area contributed by atoms with Crippen molar-refractivity contribution < 1.29 is 9.47 Å². The van der Waals surface area contributed by atoms with Crippen LogP contribution in [0.15, 0.2) is 6.20 Å². The Morgan fingerprint density at radius 1 is 1.67 bits per heavy atom. The summed E-state index contributed by atoms with van der Waals surface area (Å²) in [7, 11) is 1.92. The smallest absolute Gasteiger partial charge is 0.236 e. The SMILES string of the molecule is CCCc1cn(C)nc1OC1COC1C. The fourth-order valence-corrected chi connectivity index (χ4v) is 1.70. The Labute approximate surface area is 90.2 Å². The molecule has 2 atom stereocenters. The van der Waals surface area contributed by atoms with E-state index in [-0.39, 0.29) is 12.2 Å². The highest BCUT2D eigenvalue weighted by atomic mass is 16.6. The number of ether oxygens (including phenoxy) is 2. The molecule has 1 aromatic heterocycles. The minimum Gasteiger partial charge on any atom is -0.468 e. The molecule has 0 amide bonds. The zero-order valence-corrected chi connectivity index (χ0v) is 9.56. The van der Waals surface area contributed by atoms with Gasteiger partial charge in [-0.2, -0.15) is 0 Å². The molecule has 0 saturated carbocycles. The minimum atomic E-state index is 0.176. The van der Waals surface area contributed by atoms with Gasteiger partial charge in [0.2, 0.25) is 5.88 Å². The van der Waals surface area contributed by atoms with Gasteiger partial charge >= 0.3 is 0 Å². The van der Waals surface area contributed by atoms with Crippen LogP contribution in [0.3, 0.4) is 0 Å². The fourth-order valence-electron chi connectivity index (χ4n) is 1.70. The topological polar surface area (TPSA) is 36.3 Å². The third kappa shape index (κ3) is 2.15. The van der Waals surface area contributed by atoms with Crippen LogP contribution >= 0.6 is 0 Å². The van der Waals surface area contributed by atoms with E-state index < -0.39 is 0 Å². The zero-order chi connectivity index (χ0) is 10.8. The van der Waals surface area contributed by atoms with Gasteiger partial charge in [-0.15, -0.1) is 5.10 Å². The predicted molar refractivity (Wildman–Crippen MR) is 57.0 cm³/mol. The van der Waals surface area contributed by atoms with Crippen LogP contribution < -0.4 is 4.74 Å². The molecular weight excluding hydrogens is 192 g/mol. The summed E-state index contributed by atoms with van der Waals surface area (Å²) < 4.78 is 12.9. The van der Waals surface area contributed by atoms with Gasteiger partial charge < -0.3 is 9.47 Å². The van der Waals surface area contributed by atoms with Crippen LogP contribution in [0.4, 0.5) is 0 Å². The number of aromatic nitrogens is 2. The monoisotopic (exact) mass is 210 g/mol. The Kier molecular flexibility index (Phi) is 2.95. The molecule has 1 aliphatic rings. The van der Waals surface area contributed by atoms with Crippen molar-refractivity contribution in [1.29, 1.82) is 0 Å². The van der Waals surface area contributed by atoms with Gasteiger partial charge in [0, 0.05) is 18.8 Å². The highest BCUT2D eigenvalue weighted by Gasteiger charge is 2.31. The van der Waals surface area contributed by atoms with Gasteiger partial charge in [-0.3, -0.25) is 4.68 Å². The average molecular weight is 210 g/mol. The van der Waals surface area contributed by atoms with E-state index >= 15 is 0 Å². The van der Waals surface area contributed by atoms with Gasteiger partial charge in [-0.25, -0.2) is 0 Å². The molecule has 2 unspecified atom stereocenters. The number of hydrogen-bond donors (Lipinski definition) is 0. The summed E-state index contributed by atoms with van der Waals surface area (Å²) in [6.45, 7) is 4.87. The van der Waals surface area contributed by atoms with E-state index in [1.807, 2.05) is 24.9 Å². The van der Waals surface area contributed by atoms with Gasteiger partial charge in [-0.1, -0.05) is 13.3 Å². The summed E-state index contributed by atoms with van der Waals surface area (Å²) in [5.74, 6) is 0.777. The molecule has 0 spiro atoms. The first kappa shape index (κ1) is 10.5. The molecule has 1 fully saturated rings. The van der Waals surface area contributed by atoms with Crippen molar-refractivity contribution in [2.45, 2.75) is 38.9 Å². The molecule has 84 valence electrons. The molecule has 1 saturated heterocycles. The molecule has 2 heterocycles. The Hall–Kier alpha value is -1.03. The van der Waals surface area contributed by atoms with Gasteiger partial charge in [-0.05, 0) is 13.3 Å². The first-order valence-corrected chi connectivity index (χ1v) is 5.51. The molecule has 4 nitrogen and oxygen atoms in total. The number of nitrogens with zero attached hydrogens (tertiary/aromatic N) is 2. The summed E-state index contributed by atoms with van der Waals surface area (Å²) in [4.78, 5) is 0. The van der Waals surface area contributed by atoms with Crippen LogP contribution in [0.5, 0.6) is 5.88 Å². The van der Waals surface area contributed by atoms with Crippen molar-refractivity contribution >= 4 is 0 Å². The second-order valence-electron chi connectivity index (χ2n) is 4.08. The molecule has 4 heteroatoms. The molecule has 0 aliphatic carbocycles. The maximum Gasteiger partial charge on any atom is 0.236 e. The number of rotatable bonds is 4. The van der Waals surface area contributed by atoms with Gasteiger partial charge in [0.1, 0.15) is 6.10 Å². The fraction of sp³-hybridized carbons (Fsp3) is 0.727. The van der Waals surface area contributed by atoms with E-state index in [2.05, 4.69) is 12.0 Å². The van der Waals surface area contributed by atoms with Crippen molar-refractivity contribution in [2.75, 3.05) is 6.61 Å². The lowest BCUT2D eigenvalue weighted by molar-refractivity contribution is -0.141. The summed E-state index contributed by atoms with van der Waals surface area (Å²) >= 11 is 0. The van der Waals surface area contributed by atoms with E-state index in [1.54, 1.807) is 0 Å². The van der Waals surface area contributed by atoms with Crippen LogP contribution in [-0.4, -0.2) is 28.6 Å². The summed E-state index contributed by atoms with van der Waals surface area (Å²) in [6.07, 6.45) is 4.53. The predicted octanol–water partition coefficient (Wildman–Crippen LogP) is 1.54. The van der Waals surface area contributed by atoms with Crippen LogP contribution in [-0.2, 0) is 18.2 Å². The average Bonchev–Trinajstić information content (AvgIpc) is 2.54. The lowest BCUT2D eigenvalue weighted by atomic mass is 10.1. The number of aryl methyl sites for hydroxylation is 2. The highest BCUT2D eigenvalue weighted by Crippen LogP contribution is 2.23. The molecule has 2 rings (SSSR count). The molecule has 15 heavy (non-hydrogen) atoms. The van der Waals surface area contributed by atoms with Gasteiger partial charge in [0.05, 0.1) is 12.7 Å². The lowest BCUT2D eigenvalue weighted by Crippen LogP contribution is -2.47. The van der Waals surface area contributed by atoms with E-state index in [0.29, 0.717) is 6.61 Å². The van der Waals surface area contributed by atoms with Crippen LogP contribution in [0.2, 0.25) is 0 Å². The lowest BCUT2D eigenvalue weighted by Gasteiger charge is -2.33. The van der Waals surface area contributed by atoms with Crippen molar-refractivity contribution in [2.24, 2.45) is 7.05 Å². The van der Waals surface area contributed by atoms with E-state index in [0.717, 1.165) is 18.7 Å². The summed E-state index contributed by atoms with van der Waals surface area (Å²) in [5, 5.41) is 4.32. The normalized spacial score (nSPS) is 25.0. The Balaban J connectivity index is 2.05. The van der Waals surface area contributed by atoms with E-state index in [1.165, 1.54) is 5.56 Å². The largest absolute Gasteiger partial charge is 0.468 e. The van der Waals surface area contributed by atoms with Crippen molar-refractivity contribution in [3.8, 4) is 5.88 Å². The maximum absolute atomic E-state index is 5.81. The Bertz CT molecular complexity index is 335. The van der Waals surface area contributed by atoms with Crippen LogP contribution in [0, 0.1) is 0 Å². The van der Waals surface area contributed by atoms with Crippen LogP contribution in [0.1, 0.15) is 25.8 Å². The Morgan fingerprint density at radius 3 is 3.00 bits per heavy atom. The molecule has 0 radical (unpaired) electrons. The second-order valence-corrected chi connectivity index (χ2v) is 4.08. The summed E-state index contributed by atoms with van der Waals surface area (Å²) in [5.41, 5.74) is 1.19. The van der Waals surface area contributed by atoms with E-state index in [4.69, 9.17) is 9.47 Å². The molecule has 0 aromatic carbocycles. The quantitative estimate of drug-likeness (QED) is 0.756. The highest BCUT2D eigenvalue weighted by molar-refractivity contribution is 5.23. The van der Waals surface area contributed by atoms with Crippen molar-refractivity contribution in [3.05, 3.63) is 11.8 Å². The first-order valence-electron chi connectivity index (χ1n) is 5.51. The third-order valence-electron chi connectivity index (χ3n) is 2.70. The maximum atomic E-state index is 5.81. The van der Waals surface area contributed by atoms with E-state index in [9.17, 15) is 0 Å². The molecule has 0 bridgehead atoms. The summed E-state index contributed by atoms with van der Waals surface area (Å²) in [6, 6.07) is 0. The molecule has 0 N–H and O–H groups in total. The van der Waals surface area contributed by atoms with Gasteiger partial charge in [0.15, 0.2) is 0 Å². The second kappa shape index (κ2) is 4.23. The zero-order valence-electron chi connectivity index (χ0n) is 9.56. The molecular formula is C11H18N2O2. The van der Waals surface area contributed by atoms with Crippen molar-refractivity contribution in [1.82, 2.24) is 9.78 Å².